The molecule has 3 aromatic rings. The SMILES string of the molecule is Nc1c(/C=C(/NC(=O)c2ccccc2)C(=O)O)cccc1-c1ccccc1. The number of hydrogen-bond acceptors (Lipinski definition) is 3. The summed E-state index contributed by atoms with van der Waals surface area (Å²) in [5, 5.41) is 11.9. The van der Waals surface area contributed by atoms with Crippen LogP contribution in [0.5, 0.6) is 0 Å². The first-order valence-corrected chi connectivity index (χ1v) is 8.31. The lowest BCUT2D eigenvalue weighted by atomic mass is 10.00. The molecule has 0 bridgehead atoms. The van der Waals surface area contributed by atoms with E-state index in [0.29, 0.717) is 16.8 Å². The van der Waals surface area contributed by atoms with Gasteiger partial charge in [-0.25, -0.2) is 4.79 Å². The Bertz CT molecular complexity index is 997. The number of carbonyl (C=O) groups is 2. The minimum absolute atomic E-state index is 0.249. The van der Waals surface area contributed by atoms with Gasteiger partial charge in [0, 0.05) is 22.4 Å². The van der Waals surface area contributed by atoms with Crippen LogP contribution in [0.1, 0.15) is 15.9 Å². The highest BCUT2D eigenvalue weighted by Gasteiger charge is 2.14. The van der Waals surface area contributed by atoms with Gasteiger partial charge in [0.1, 0.15) is 5.70 Å². The lowest BCUT2D eigenvalue weighted by molar-refractivity contribution is -0.132. The number of carboxylic acids is 1. The number of carbonyl (C=O) groups excluding carboxylic acids is 1. The molecule has 5 heteroatoms. The predicted molar refractivity (Wildman–Crippen MR) is 106 cm³/mol. The van der Waals surface area contributed by atoms with Crippen molar-refractivity contribution >= 4 is 23.6 Å². The van der Waals surface area contributed by atoms with E-state index in [2.05, 4.69) is 5.32 Å². The van der Waals surface area contributed by atoms with Gasteiger partial charge in [-0.3, -0.25) is 4.79 Å². The molecule has 0 fully saturated rings. The van der Waals surface area contributed by atoms with Gasteiger partial charge in [-0.05, 0) is 23.8 Å². The van der Waals surface area contributed by atoms with Crippen molar-refractivity contribution in [2.75, 3.05) is 5.73 Å². The van der Waals surface area contributed by atoms with Gasteiger partial charge in [-0.2, -0.15) is 0 Å². The maximum absolute atomic E-state index is 12.3. The second kappa shape index (κ2) is 8.01. The van der Waals surface area contributed by atoms with E-state index >= 15 is 0 Å². The van der Waals surface area contributed by atoms with E-state index in [0.717, 1.165) is 11.1 Å². The fourth-order valence-electron chi connectivity index (χ4n) is 2.67. The molecule has 0 aliphatic rings. The fraction of sp³-hybridized carbons (Fsp3) is 0. The third kappa shape index (κ3) is 4.22. The third-order valence-electron chi connectivity index (χ3n) is 4.04. The van der Waals surface area contributed by atoms with Gasteiger partial charge in [0.05, 0.1) is 0 Å². The molecule has 0 aliphatic heterocycles. The number of carboxylic acid groups (broad SMARTS) is 1. The molecule has 1 amide bonds. The molecule has 0 saturated heterocycles. The van der Waals surface area contributed by atoms with Gasteiger partial charge < -0.3 is 16.2 Å². The standard InChI is InChI=1S/C22H18N2O3/c23-20-17(12-7-13-18(20)15-8-3-1-4-9-15)14-19(22(26)27)24-21(25)16-10-5-2-6-11-16/h1-14H,23H2,(H,24,25)(H,26,27)/b19-14+. The van der Waals surface area contributed by atoms with Crippen LogP contribution in [0.2, 0.25) is 0 Å². The molecule has 3 aromatic carbocycles. The minimum Gasteiger partial charge on any atom is -0.477 e. The Hall–Kier alpha value is -3.86. The average Bonchev–Trinajstić information content (AvgIpc) is 2.70. The first-order valence-electron chi connectivity index (χ1n) is 8.31. The van der Waals surface area contributed by atoms with Gasteiger partial charge >= 0.3 is 5.97 Å². The highest BCUT2D eigenvalue weighted by Crippen LogP contribution is 2.29. The molecule has 0 spiro atoms. The molecule has 0 aliphatic carbocycles. The zero-order valence-electron chi connectivity index (χ0n) is 14.4. The number of amides is 1. The Morgan fingerprint density at radius 1 is 0.852 bits per heavy atom. The lowest BCUT2D eigenvalue weighted by Gasteiger charge is -2.11. The number of nitrogen functional groups attached to an aromatic ring is 1. The van der Waals surface area contributed by atoms with Gasteiger partial charge in [0.15, 0.2) is 0 Å². The Labute approximate surface area is 156 Å². The van der Waals surface area contributed by atoms with Crippen molar-refractivity contribution in [3.8, 4) is 11.1 Å². The summed E-state index contributed by atoms with van der Waals surface area (Å²) in [6.45, 7) is 0. The van der Waals surface area contributed by atoms with E-state index < -0.39 is 11.9 Å². The van der Waals surface area contributed by atoms with Gasteiger partial charge in [0.2, 0.25) is 0 Å². The highest BCUT2D eigenvalue weighted by atomic mass is 16.4. The number of nitrogens with two attached hydrogens (primary N) is 1. The van der Waals surface area contributed by atoms with E-state index in [1.165, 1.54) is 6.08 Å². The smallest absolute Gasteiger partial charge is 0.352 e. The lowest BCUT2D eigenvalue weighted by Crippen LogP contribution is -2.27. The van der Waals surface area contributed by atoms with Crippen LogP contribution in [0.25, 0.3) is 17.2 Å². The van der Waals surface area contributed by atoms with Crippen LogP contribution in [-0.4, -0.2) is 17.0 Å². The van der Waals surface area contributed by atoms with E-state index in [9.17, 15) is 14.7 Å². The molecule has 0 atom stereocenters. The van der Waals surface area contributed by atoms with E-state index in [1.807, 2.05) is 36.4 Å². The first-order chi connectivity index (χ1) is 13.1. The fourth-order valence-corrected chi connectivity index (χ4v) is 2.67. The summed E-state index contributed by atoms with van der Waals surface area (Å²) in [7, 11) is 0. The monoisotopic (exact) mass is 358 g/mol. The number of benzene rings is 3. The molecule has 0 unspecified atom stereocenters. The molecule has 27 heavy (non-hydrogen) atoms. The number of nitrogens with one attached hydrogen (secondary N) is 1. The minimum atomic E-state index is -1.25. The molecular formula is C22H18N2O3. The van der Waals surface area contributed by atoms with Crippen molar-refractivity contribution in [3.05, 3.63) is 95.7 Å². The van der Waals surface area contributed by atoms with E-state index in [4.69, 9.17) is 5.73 Å². The summed E-state index contributed by atoms with van der Waals surface area (Å²) in [5.74, 6) is -1.74. The number of aliphatic carboxylic acids is 1. The molecule has 134 valence electrons. The summed E-state index contributed by atoms with van der Waals surface area (Å²) >= 11 is 0. The maximum atomic E-state index is 12.3. The van der Waals surface area contributed by atoms with Crippen molar-refractivity contribution in [1.29, 1.82) is 0 Å². The quantitative estimate of drug-likeness (QED) is 0.478. The molecular weight excluding hydrogens is 340 g/mol. The highest BCUT2D eigenvalue weighted by molar-refractivity contribution is 6.03. The summed E-state index contributed by atoms with van der Waals surface area (Å²) < 4.78 is 0. The summed E-state index contributed by atoms with van der Waals surface area (Å²) in [6.07, 6.45) is 1.37. The molecule has 4 N–H and O–H groups in total. The van der Waals surface area contributed by atoms with Crippen LogP contribution >= 0.6 is 0 Å². The van der Waals surface area contributed by atoms with Crippen molar-refractivity contribution in [1.82, 2.24) is 5.32 Å². The van der Waals surface area contributed by atoms with Crippen LogP contribution in [0.15, 0.2) is 84.6 Å². The summed E-state index contributed by atoms with van der Waals surface area (Å²) in [6, 6.07) is 23.3. The number of para-hydroxylation sites is 1. The van der Waals surface area contributed by atoms with Crippen LogP contribution in [0.3, 0.4) is 0 Å². The molecule has 3 rings (SSSR count). The molecule has 0 heterocycles. The maximum Gasteiger partial charge on any atom is 0.352 e. The average molecular weight is 358 g/mol. The van der Waals surface area contributed by atoms with Crippen LogP contribution < -0.4 is 11.1 Å². The summed E-state index contributed by atoms with van der Waals surface area (Å²) in [4.78, 5) is 23.9. The molecule has 0 saturated carbocycles. The largest absolute Gasteiger partial charge is 0.477 e. The Morgan fingerprint density at radius 3 is 2.11 bits per heavy atom. The van der Waals surface area contributed by atoms with Crippen molar-refractivity contribution in [2.24, 2.45) is 0 Å². The molecule has 0 radical (unpaired) electrons. The topological polar surface area (TPSA) is 92.4 Å². The van der Waals surface area contributed by atoms with Gasteiger partial charge in [-0.15, -0.1) is 0 Å². The van der Waals surface area contributed by atoms with E-state index in [1.54, 1.807) is 42.5 Å². The second-order valence-electron chi connectivity index (χ2n) is 5.86. The molecule has 0 aromatic heterocycles. The van der Waals surface area contributed by atoms with Gasteiger partial charge in [-0.1, -0.05) is 66.7 Å². The van der Waals surface area contributed by atoms with Crippen molar-refractivity contribution < 1.29 is 14.7 Å². The van der Waals surface area contributed by atoms with Crippen LogP contribution in [-0.2, 0) is 4.79 Å². The van der Waals surface area contributed by atoms with Crippen molar-refractivity contribution in [3.63, 3.8) is 0 Å². The van der Waals surface area contributed by atoms with E-state index in [-0.39, 0.29) is 5.70 Å². The number of rotatable bonds is 5. The summed E-state index contributed by atoms with van der Waals surface area (Å²) in [5.41, 5.74) is 9.06. The Balaban J connectivity index is 1.95. The zero-order valence-corrected chi connectivity index (χ0v) is 14.4. The third-order valence-corrected chi connectivity index (χ3v) is 4.04. The Kier molecular flexibility index (Phi) is 5.33. The zero-order chi connectivity index (χ0) is 19.2. The Morgan fingerprint density at radius 2 is 1.48 bits per heavy atom. The predicted octanol–water partition coefficient (Wildman–Crippen LogP) is 3.79. The second-order valence-corrected chi connectivity index (χ2v) is 5.86. The molecule has 5 nitrogen and oxygen atoms in total. The van der Waals surface area contributed by atoms with Crippen LogP contribution in [0, 0.1) is 0 Å². The van der Waals surface area contributed by atoms with Crippen molar-refractivity contribution in [2.45, 2.75) is 0 Å². The van der Waals surface area contributed by atoms with Crippen LogP contribution in [0.4, 0.5) is 5.69 Å². The number of anilines is 1. The normalized spacial score (nSPS) is 11.0. The number of hydrogen-bond donors (Lipinski definition) is 3. The first kappa shape index (κ1) is 17.9. The van der Waals surface area contributed by atoms with Gasteiger partial charge in [0.25, 0.3) is 5.91 Å².